The molecule has 2 fully saturated rings. The van der Waals surface area contributed by atoms with E-state index in [4.69, 9.17) is 0 Å². The molecule has 0 radical (unpaired) electrons. The second-order valence-electron chi connectivity index (χ2n) is 4.85. The standard InChI is InChI=1S/C11H19F3N2O/c12-11(13,14)17-7-6-16-5-3-10-9(8-16)2-1-4-15-10/h9-10,15H,1-8H2. The summed E-state index contributed by atoms with van der Waals surface area (Å²) in [5.41, 5.74) is 0. The topological polar surface area (TPSA) is 24.5 Å². The first-order chi connectivity index (χ1) is 8.04. The van der Waals surface area contributed by atoms with Crippen LogP contribution in [0.2, 0.25) is 0 Å². The second kappa shape index (κ2) is 5.54. The molecule has 2 saturated heterocycles. The molecule has 2 atom stereocenters. The summed E-state index contributed by atoms with van der Waals surface area (Å²) in [7, 11) is 0. The molecule has 0 aromatic carbocycles. The minimum absolute atomic E-state index is 0.256. The van der Waals surface area contributed by atoms with Crippen molar-refractivity contribution < 1.29 is 17.9 Å². The fourth-order valence-corrected chi connectivity index (χ4v) is 2.81. The molecular weight excluding hydrogens is 233 g/mol. The molecule has 0 aromatic rings. The van der Waals surface area contributed by atoms with E-state index in [1.165, 1.54) is 12.8 Å². The Labute approximate surface area is 99.3 Å². The van der Waals surface area contributed by atoms with Crippen LogP contribution in [0.1, 0.15) is 19.3 Å². The van der Waals surface area contributed by atoms with Gasteiger partial charge in [-0.15, -0.1) is 13.2 Å². The summed E-state index contributed by atoms with van der Waals surface area (Å²) in [4.78, 5) is 2.08. The van der Waals surface area contributed by atoms with E-state index in [1.54, 1.807) is 0 Å². The highest BCUT2D eigenvalue weighted by molar-refractivity contribution is 4.88. The molecule has 2 unspecified atom stereocenters. The van der Waals surface area contributed by atoms with Crippen molar-refractivity contribution in [2.75, 3.05) is 32.8 Å². The van der Waals surface area contributed by atoms with Gasteiger partial charge in [-0.3, -0.25) is 4.74 Å². The molecule has 2 rings (SSSR count). The van der Waals surface area contributed by atoms with Gasteiger partial charge in [-0.25, -0.2) is 0 Å². The van der Waals surface area contributed by atoms with Crippen molar-refractivity contribution in [2.24, 2.45) is 5.92 Å². The van der Waals surface area contributed by atoms with Crippen molar-refractivity contribution in [3.05, 3.63) is 0 Å². The average Bonchev–Trinajstić information content (AvgIpc) is 2.27. The van der Waals surface area contributed by atoms with Gasteiger partial charge >= 0.3 is 6.36 Å². The van der Waals surface area contributed by atoms with E-state index in [-0.39, 0.29) is 6.61 Å². The maximum Gasteiger partial charge on any atom is 0.522 e. The average molecular weight is 252 g/mol. The number of halogens is 3. The number of piperidine rings is 2. The van der Waals surface area contributed by atoms with Crippen LogP contribution >= 0.6 is 0 Å². The van der Waals surface area contributed by atoms with Crippen LogP contribution in [0.3, 0.4) is 0 Å². The molecule has 2 heterocycles. The number of rotatable bonds is 3. The molecule has 6 heteroatoms. The Bertz CT molecular complexity index is 247. The van der Waals surface area contributed by atoms with E-state index in [2.05, 4.69) is 15.0 Å². The minimum Gasteiger partial charge on any atom is -0.314 e. The van der Waals surface area contributed by atoms with Gasteiger partial charge in [-0.2, -0.15) is 0 Å². The maximum absolute atomic E-state index is 11.8. The molecule has 0 saturated carbocycles. The molecular formula is C11H19F3N2O. The molecule has 0 spiro atoms. The normalized spacial score (nSPS) is 31.2. The number of hydrogen-bond donors (Lipinski definition) is 1. The molecule has 17 heavy (non-hydrogen) atoms. The molecule has 2 aliphatic rings. The second-order valence-corrected chi connectivity index (χ2v) is 4.85. The molecule has 3 nitrogen and oxygen atoms in total. The third-order valence-electron chi connectivity index (χ3n) is 3.65. The quantitative estimate of drug-likeness (QED) is 0.825. The molecule has 0 aliphatic carbocycles. The minimum atomic E-state index is -4.50. The number of ether oxygens (including phenoxy) is 1. The van der Waals surface area contributed by atoms with Crippen LogP contribution in [-0.4, -0.2) is 50.1 Å². The van der Waals surface area contributed by atoms with Gasteiger partial charge in [0.05, 0.1) is 6.61 Å². The third-order valence-corrected chi connectivity index (χ3v) is 3.65. The van der Waals surface area contributed by atoms with Crippen LogP contribution in [0.15, 0.2) is 0 Å². The highest BCUT2D eigenvalue weighted by atomic mass is 19.4. The largest absolute Gasteiger partial charge is 0.522 e. The first-order valence-electron chi connectivity index (χ1n) is 6.21. The van der Waals surface area contributed by atoms with E-state index < -0.39 is 6.36 Å². The zero-order valence-corrected chi connectivity index (χ0v) is 9.80. The number of hydrogen-bond acceptors (Lipinski definition) is 3. The number of likely N-dealkylation sites (tertiary alicyclic amines) is 1. The molecule has 2 aliphatic heterocycles. The van der Waals surface area contributed by atoms with E-state index in [0.717, 1.165) is 26.1 Å². The van der Waals surface area contributed by atoms with Gasteiger partial charge in [0.2, 0.25) is 0 Å². The smallest absolute Gasteiger partial charge is 0.314 e. The van der Waals surface area contributed by atoms with Crippen molar-refractivity contribution in [1.29, 1.82) is 0 Å². The van der Waals surface area contributed by atoms with Crippen molar-refractivity contribution in [3.63, 3.8) is 0 Å². The predicted molar refractivity (Wildman–Crippen MR) is 57.6 cm³/mol. The van der Waals surface area contributed by atoms with Crippen LogP contribution in [0.5, 0.6) is 0 Å². The van der Waals surface area contributed by atoms with E-state index in [0.29, 0.717) is 18.5 Å². The lowest BCUT2D eigenvalue weighted by Gasteiger charge is -2.41. The van der Waals surface area contributed by atoms with Crippen LogP contribution in [0.25, 0.3) is 0 Å². The summed E-state index contributed by atoms with van der Waals surface area (Å²) in [6.45, 7) is 2.98. The first kappa shape index (κ1) is 13.1. The van der Waals surface area contributed by atoms with Crippen LogP contribution in [0, 0.1) is 5.92 Å². The Balaban J connectivity index is 1.69. The van der Waals surface area contributed by atoms with Crippen molar-refractivity contribution in [2.45, 2.75) is 31.7 Å². The molecule has 0 amide bonds. The summed E-state index contributed by atoms with van der Waals surface area (Å²) >= 11 is 0. The summed E-state index contributed by atoms with van der Waals surface area (Å²) in [6.07, 6.45) is -1.09. The molecule has 100 valence electrons. The lowest BCUT2D eigenvalue weighted by molar-refractivity contribution is -0.325. The Morgan fingerprint density at radius 2 is 2.12 bits per heavy atom. The number of alkyl halides is 3. The fraction of sp³-hybridized carbons (Fsp3) is 1.00. The summed E-state index contributed by atoms with van der Waals surface area (Å²) in [6, 6.07) is 0.573. The Morgan fingerprint density at radius 1 is 1.29 bits per heavy atom. The monoisotopic (exact) mass is 252 g/mol. The lowest BCUT2D eigenvalue weighted by atomic mass is 9.85. The van der Waals surface area contributed by atoms with Gasteiger partial charge < -0.3 is 10.2 Å². The third kappa shape index (κ3) is 4.12. The zero-order chi connectivity index (χ0) is 12.3. The first-order valence-corrected chi connectivity index (χ1v) is 6.21. The van der Waals surface area contributed by atoms with E-state index in [9.17, 15) is 13.2 Å². The number of fused-ring (bicyclic) bond motifs is 1. The van der Waals surface area contributed by atoms with E-state index >= 15 is 0 Å². The summed E-state index contributed by atoms with van der Waals surface area (Å²) < 4.78 is 39.3. The fourth-order valence-electron chi connectivity index (χ4n) is 2.81. The van der Waals surface area contributed by atoms with Gasteiger partial charge in [0.15, 0.2) is 0 Å². The summed E-state index contributed by atoms with van der Waals surface area (Å²) in [5.74, 6) is 0.600. The Morgan fingerprint density at radius 3 is 2.88 bits per heavy atom. The van der Waals surface area contributed by atoms with Gasteiger partial charge in [-0.05, 0) is 38.3 Å². The number of nitrogens with one attached hydrogen (secondary N) is 1. The van der Waals surface area contributed by atoms with Gasteiger partial charge in [-0.1, -0.05) is 0 Å². The SMILES string of the molecule is FC(F)(F)OCCN1CCC2NCCCC2C1. The highest BCUT2D eigenvalue weighted by Gasteiger charge is 2.32. The van der Waals surface area contributed by atoms with Gasteiger partial charge in [0.25, 0.3) is 0 Å². The van der Waals surface area contributed by atoms with Gasteiger partial charge in [0, 0.05) is 19.1 Å². The summed E-state index contributed by atoms with van der Waals surface area (Å²) in [5, 5.41) is 3.48. The predicted octanol–water partition coefficient (Wildman–Crippen LogP) is 1.60. The van der Waals surface area contributed by atoms with E-state index in [1.807, 2.05) is 0 Å². The lowest BCUT2D eigenvalue weighted by Crippen LogP contribution is -2.52. The van der Waals surface area contributed by atoms with Crippen LogP contribution in [0.4, 0.5) is 13.2 Å². The Hall–Kier alpha value is -0.330. The van der Waals surface area contributed by atoms with Crippen molar-refractivity contribution in [3.8, 4) is 0 Å². The van der Waals surface area contributed by atoms with Crippen LogP contribution in [-0.2, 0) is 4.74 Å². The van der Waals surface area contributed by atoms with Crippen molar-refractivity contribution >= 4 is 0 Å². The van der Waals surface area contributed by atoms with Crippen molar-refractivity contribution in [1.82, 2.24) is 10.2 Å². The number of nitrogens with zero attached hydrogens (tertiary/aromatic N) is 1. The molecule has 0 bridgehead atoms. The Kier molecular flexibility index (Phi) is 4.27. The highest BCUT2D eigenvalue weighted by Crippen LogP contribution is 2.24. The van der Waals surface area contributed by atoms with Crippen LogP contribution < -0.4 is 5.32 Å². The van der Waals surface area contributed by atoms with Gasteiger partial charge in [0.1, 0.15) is 0 Å². The zero-order valence-electron chi connectivity index (χ0n) is 9.80. The molecule has 1 N–H and O–H groups in total. The molecule has 0 aromatic heterocycles. The maximum atomic E-state index is 11.8.